The van der Waals surface area contributed by atoms with Gasteiger partial charge in [-0.1, -0.05) is 19.1 Å². The van der Waals surface area contributed by atoms with Crippen molar-refractivity contribution >= 4 is 17.3 Å². The van der Waals surface area contributed by atoms with E-state index in [4.69, 9.17) is 0 Å². The number of nitro benzene ring substituents is 1. The summed E-state index contributed by atoms with van der Waals surface area (Å²) < 4.78 is 38.6. The number of hydrogen-bond donors (Lipinski definition) is 0. The van der Waals surface area contributed by atoms with Gasteiger partial charge in [-0.3, -0.25) is 14.9 Å². The molecule has 3 rings (SSSR count). The topological polar surface area (TPSA) is 66.7 Å². The molecule has 0 spiro atoms. The second-order valence-electron chi connectivity index (χ2n) is 6.79. The molecule has 1 amide bonds. The standard InChI is InChI=1S/C20H20F3N3O3/c1-2-14-3-5-15(6-4-14)19(27)25-11-9-24(10-12-25)17-8-7-16(20(21,22)23)13-18(17)26(28)29/h3-8,13H,2,9-12H2,1H3. The van der Waals surface area contributed by atoms with E-state index in [0.717, 1.165) is 24.1 Å². The number of piperazine rings is 1. The minimum absolute atomic E-state index is 0.127. The molecule has 0 N–H and O–H groups in total. The number of amides is 1. The number of halogens is 3. The third-order valence-corrected chi connectivity index (χ3v) is 5.02. The number of carbonyl (C=O) groups excluding carboxylic acids is 1. The number of hydrogen-bond acceptors (Lipinski definition) is 4. The van der Waals surface area contributed by atoms with E-state index in [0.29, 0.717) is 37.8 Å². The Labute approximate surface area is 165 Å². The summed E-state index contributed by atoms with van der Waals surface area (Å²) in [4.78, 5) is 26.4. The number of carbonyl (C=O) groups is 1. The summed E-state index contributed by atoms with van der Waals surface area (Å²) in [5.41, 5.74) is 0.173. The first kappa shape index (κ1) is 20.6. The smallest absolute Gasteiger partial charge is 0.362 e. The first-order valence-electron chi connectivity index (χ1n) is 9.19. The highest BCUT2D eigenvalue weighted by Crippen LogP contribution is 2.36. The van der Waals surface area contributed by atoms with Crippen LogP contribution in [-0.4, -0.2) is 41.9 Å². The van der Waals surface area contributed by atoms with E-state index in [1.807, 2.05) is 19.1 Å². The van der Waals surface area contributed by atoms with Gasteiger partial charge in [-0.25, -0.2) is 0 Å². The monoisotopic (exact) mass is 407 g/mol. The summed E-state index contributed by atoms with van der Waals surface area (Å²) in [7, 11) is 0. The quantitative estimate of drug-likeness (QED) is 0.564. The van der Waals surface area contributed by atoms with Crippen molar-refractivity contribution in [3.05, 3.63) is 69.3 Å². The summed E-state index contributed by atoms with van der Waals surface area (Å²) in [5.74, 6) is -0.130. The van der Waals surface area contributed by atoms with Crippen LogP contribution < -0.4 is 4.90 Å². The molecule has 1 saturated heterocycles. The van der Waals surface area contributed by atoms with Crippen LogP contribution in [0.5, 0.6) is 0 Å². The van der Waals surface area contributed by atoms with Gasteiger partial charge in [0.15, 0.2) is 0 Å². The lowest BCUT2D eigenvalue weighted by molar-refractivity contribution is -0.384. The van der Waals surface area contributed by atoms with Crippen molar-refractivity contribution in [2.24, 2.45) is 0 Å². The highest BCUT2D eigenvalue weighted by atomic mass is 19.4. The van der Waals surface area contributed by atoms with Gasteiger partial charge >= 0.3 is 6.18 Å². The van der Waals surface area contributed by atoms with Crippen molar-refractivity contribution in [3.63, 3.8) is 0 Å². The van der Waals surface area contributed by atoms with Crippen LogP contribution >= 0.6 is 0 Å². The summed E-state index contributed by atoms with van der Waals surface area (Å²) in [6, 6.07) is 9.87. The van der Waals surface area contributed by atoms with Crippen molar-refractivity contribution in [2.75, 3.05) is 31.1 Å². The van der Waals surface area contributed by atoms with E-state index in [9.17, 15) is 28.1 Å². The van der Waals surface area contributed by atoms with Gasteiger partial charge in [-0.15, -0.1) is 0 Å². The Morgan fingerprint density at radius 1 is 1.07 bits per heavy atom. The lowest BCUT2D eigenvalue weighted by atomic mass is 10.1. The largest absolute Gasteiger partial charge is 0.416 e. The number of benzene rings is 2. The van der Waals surface area contributed by atoms with Gasteiger partial charge in [-0.2, -0.15) is 13.2 Å². The zero-order valence-electron chi connectivity index (χ0n) is 15.8. The van der Waals surface area contributed by atoms with E-state index in [1.54, 1.807) is 21.9 Å². The molecule has 0 unspecified atom stereocenters. The Balaban J connectivity index is 1.73. The van der Waals surface area contributed by atoms with Crippen LogP contribution in [0.1, 0.15) is 28.4 Å². The summed E-state index contributed by atoms with van der Waals surface area (Å²) in [6.07, 6.45) is -3.78. The van der Waals surface area contributed by atoms with Gasteiger partial charge in [0, 0.05) is 37.8 Å². The molecule has 1 fully saturated rings. The fraction of sp³-hybridized carbons (Fsp3) is 0.350. The Morgan fingerprint density at radius 2 is 1.69 bits per heavy atom. The van der Waals surface area contributed by atoms with Gasteiger partial charge in [0.25, 0.3) is 11.6 Å². The number of rotatable bonds is 4. The third kappa shape index (κ3) is 4.49. The van der Waals surface area contributed by atoms with E-state index >= 15 is 0 Å². The molecule has 29 heavy (non-hydrogen) atoms. The molecule has 0 aliphatic carbocycles. The Bertz CT molecular complexity index is 905. The number of anilines is 1. The molecule has 154 valence electrons. The van der Waals surface area contributed by atoms with Crippen LogP contribution in [0.25, 0.3) is 0 Å². The average Bonchev–Trinajstić information content (AvgIpc) is 2.72. The Morgan fingerprint density at radius 3 is 2.21 bits per heavy atom. The number of aryl methyl sites for hydroxylation is 1. The minimum atomic E-state index is -4.65. The summed E-state index contributed by atoms with van der Waals surface area (Å²) >= 11 is 0. The van der Waals surface area contributed by atoms with Crippen LogP contribution in [-0.2, 0) is 12.6 Å². The molecule has 9 heteroatoms. The van der Waals surface area contributed by atoms with Crippen molar-refractivity contribution in [1.29, 1.82) is 0 Å². The molecule has 1 aliphatic rings. The molecule has 1 heterocycles. The SMILES string of the molecule is CCc1ccc(C(=O)N2CCN(c3ccc(C(F)(F)F)cc3[N+](=O)[O-])CC2)cc1. The molecule has 0 bridgehead atoms. The van der Waals surface area contributed by atoms with E-state index < -0.39 is 22.4 Å². The van der Waals surface area contributed by atoms with Crippen LogP contribution in [0, 0.1) is 10.1 Å². The van der Waals surface area contributed by atoms with E-state index in [2.05, 4.69) is 0 Å². The maximum atomic E-state index is 12.9. The van der Waals surface area contributed by atoms with Crippen LogP contribution in [0.2, 0.25) is 0 Å². The molecule has 1 aliphatic heterocycles. The highest BCUT2D eigenvalue weighted by Gasteiger charge is 2.34. The van der Waals surface area contributed by atoms with E-state index in [-0.39, 0.29) is 11.6 Å². The van der Waals surface area contributed by atoms with E-state index in [1.165, 1.54) is 0 Å². The lowest BCUT2D eigenvalue weighted by Gasteiger charge is -2.36. The average molecular weight is 407 g/mol. The second-order valence-corrected chi connectivity index (χ2v) is 6.79. The maximum Gasteiger partial charge on any atom is 0.416 e. The lowest BCUT2D eigenvalue weighted by Crippen LogP contribution is -2.49. The van der Waals surface area contributed by atoms with Gasteiger partial charge in [0.05, 0.1) is 10.5 Å². The number of alkyl halides is 3. The van der Waals surface area contributed by atoms with Crippen molar-refractivity contribution in [2.45, 2.75) is 19.5 Å². The minimum Gasteiger partial charge on any atom is -0.362 e. The molecular weight excluding hydrogens is 387 g/mol. The van der Waals surface area contributed by atoms with Gasteiger partial charge < -0.3 is 9.80 Å². The zero-order chi connectivity index (χ0) is 21.2. The molecule has 2 aromatic carbocycles. The highest BCUT2D eigenvalue weighted by molar-refractivity contribution is 5.94. The Hall–Kier alpha value is -3.10. The van der Waals surface area contributed by atoms with Gasteiger partial charge in [0.2, 0.25) is 0 Å². The second kappa shape index (κ2) is 8.10. The van der Waals surface area contributed by atoms with Crippen molar-refractivity contribution in [1.82, 2.24) is 4.90 Å². The van der Waals surface area contributed by atoms with Crippen LogP contribution in [0.3, 0.4) is 0 Å². The zero-order valence-corrected chi connectivity index (χ0v) is 15.8. The molecule has 0 atom stereocenters. The molecule has 0 saturated carbocycles. The van der Waals surface area contributed by atoms with Crippen molar-refractivity contribution < 1.29 is 22.9 Å². The number of nitro groups is 1. The first-order chi connectivity index (χ1) is 13.7. The van der Waals surface area contributed by atoms with Crippen LogP contribution in [0.15, 0.2) is 42.5 Å². The van der Waals surface area contributed by atoms with Gasteiger partial charge in [-0.05, 0) is 36.2 Å². The number of nitrogens with zero attached hydrogens (tertiary/aromatic N) is 3. The predicted molar refractivity (Wildman–Crippen MR) is 102 cm³/mol. The van der Waals surface area contributed by atoms with Gasteiger partial charge in [0.1, 0.15) is 5.69 Å². The first-order valence-corrected chi connectivity index (χ1v) is 9.19. The summed E-state index contributed by atoms with van der Waals surface area (Å²) in [6.45, 7) is 3.27. The molecule has 6 nitrogen and oxygen atoms in total. The Kier molecular flexibility index (Phi) is 5.76. The third-order valence-electron chi connectivity index (χ3n) is 5.02. The normalized spacial score (nSPS) is 14.8. The molecular formula is C20H20F3N3O3. The predicted octanol–water partition coefficient (Wildman–Crippen LogP) is 4.14. The molecule has 0 aromatic heterocycles. The fourth-order valence-electron chi connectivity index (χ4n) is 3.33. The fourth-order valence-corrected chi connectivity index (χ4v) is 3.33. The van der Waals surface area contributed by atoms with Crippen molar-refractivity contribution in [3.8, 4) is 0 Å². The maximum absolute atomic E-state index is 12.9. The van der Waals surface area contributed by atoms with Crippen LogP contribution in [0.4, 0.5) is 24.5 Å². The molecule has 0 radical (unpaired) electrons. The molecule has 2 aromatic rings. The summed E-state index contributed by atoms with van der Waals surface area (Å²) in [5, 5.41) is 11.3.